The maximum absolute atomic E-state index is 5.55. The predicted molar refractivity (Wildman–Crippen MR) is 43.3 cm³/mol. The molecule has 1 unspecified atom stereocenters. The summed E-state index contributed by atoms with van der Waals surface area (Å²) in [6.07, 6.45) is 1.81. The lowest BCUT2D eigenvalue weighted by Crippen LogP contribution is -2.32. The second-order valence-corrected chi connectivity index (χ2v) is 2.88. The van der Waals surface area contributed by atoms with Crippen LogP contribution in [0.25, 0.3) is 0 Å². The molecule has 0 fully saturated rings. The summed E-state index contributed by atoms with van der Waals surface area (Å²) >= 11 is 0. The smallest absolute Gasteiger partial charge is 0.124 e. The van der Waals surface area contributed by atoms with Crippen LogP contribution in [0.2, 0.25) is 0 Å². The Labute approximate surface area is 65.4 Å². The molecule has 4 heteroatoms. The highest BCUT2D eigenvalue weighted by molar-refractivity contribution is 5.35. The second kappa shape index (κ2) is 2.54. The highest BCUT2D eigenvalue weighted by Gasteiger charge is 2.15. The van der Waals surface area contributed by atoms with Gasteiger partial charge in [-0.3, -0.25) is 0 Å². The van der Waals surface area contributed by atoms with Crippen molar-refractivity contribution in [2.24, 2.45) is 11.7 Å². The van der Waals surface area contributed by atoms with E-state index in [1.807, 2.05) is 10.7 Å². The van der Waals surface area contributed by atoms with Crippen molar-refractivity contribution in [1.29, 1.82) is 0 Å². The van der Waals surface area contributed by atoms with Crippen molar-refractivity contribution in [3.63, 3.8) is 0 Å². The van der Waals surface area contributed by atoms with Crippen molar-refractivity contribution >= 4 is 5.82 Å². The molecule has 0 amide bonds. The minimum atomic E-state index is 0.530. The summed E-state index contributed by atoms with van der Waals surface area (Å²) in [6.45, 7) is 2.65. The fourth-order valence-electron chi connectivity index (χ4n) is 1.34. The molecule has 3 N–H and O–H groups in total. The van der Waals surface area contributed by atoms with E-state index >= 15 is 0 Å². The van der Waals surface area contributed by atoms with Crippen molar-refractivity contribution in [3.8, 4) is 0 Å². The summed E-state index contributed by atoms with van der Waals surface area (Å²) in [5.74, 6) is 1.64. The van der Waals surface area contributed by atoms with Crippen LogP contribution in [0.4, 0.5) is 5.82 Å². The van der Waals surface area contributed by atoms with Crippen LogP contribution in [0.5, 0.6) is 0 Å². The number of hydrogen-bond acceptors (Lipinski definition) is 3. The predicted octanol–water partition coefficient (Wildman–Crippen LogP) is -0.117. The third kappa shape index (κ3) is 1.09. The quantitative estimate of drug-likeness (QED) is 0.590. The van der Waals surface area contributed by atoms with Crippen LogP contribution in [-0.4, -0.2) is 22.9 Å². The Bertz CT molecular complexity index is 242. The number of rotatable bonds is 1. The van der Waals surface area contributed by atoms with Crippen molar-refractivity contribution in [2.75, 3.05) is 18.4 Å². The second-order valence-electron chi connectivity index (χ2n) is 2.88. The van der Waals surface area contributed by atoms with Crippen LogP contribution < -0.4 is 11.1 Å². The molecule has 0 aromatic carbocycles. The van der Waals surface area contributed by atoms with E-state index in [1.54, 1.807) is 6.20 Å². The molecule has 2 rings (SSSR count). The average Bonchev–Trinajstić information content (AvgIpc) is 2.50. The molecule has 4 nitrogen and oxygen atoms in total. The fraction of sp³-hybridized carbons (Fsp3) is 0.571. The summed E-state index contributed by atoms with van der Waals surface area (Å²) in [4.78, 5) is 0. The summed E-state index contributed by atoms with van der Waals surface area (Å²) in [6, 6.07) is 1.98. The summed E-state index contributed by atoms with van der Waals surface area (Å²) < 4.78 is 1.96. The zero-order valence-corrected chi connectivity index (χ0v) is 6.33. The van der Waals surface area contributed by atoms with Crippen molar-refractivity contribution in [2.45, 2.75) is 6.54 Å². The average molecular weight is 152 g/mol. The maximum Gasteiger partial charge on any atom is 0.124 e. The zero-order valence-electron chi connectivity index (χ0n) is 6.33. The van der Waals surface area contributed by atoms with Gasteiger partial charge < -0.3 is 11.1 Å². The van der Waals surface area contributed by atoms with Gasteiger partial charge in [0.2, 0.25) is 0 Å². The molecule has 11 heavy (non-hydrogen) atoms. The number of fused-ring (bicyclic) bond motifs is 1. The third-order valence-electron chi connectivity index (χ3n) is 2.05. The van der Waals surface area contributed by atoms with Gasteiger partial charge in [0.05, 0.1) is 6.20 Å². The Hall–Kier alpha value is -1.03. The molecule has 0 radical (unpaired) electrons. The van der Waals surface area contributed by atoms with Crippen LogP contribution in [-0.2, 0) is 6.54 Å². The molecule has 1 aromatic heterocycles. The first-order valence-electron chi connectivity index (χ1n) is 3.86. The molecule has 1 atom stereocenters. The van der Waals surface area contributed by atoms with Crippen molar-refractivity contribution < 1.29 is 0 Å². The van der Waals surface area contributed by atoms with Crippen LogP contribution in [0.1, 0.15) is 0 Å². The van der Waals surface area contributed by atoms with E-state index in [-0.39, 0.29) is 0 Å². The van der Waals surface area contributed by atoms with Gasteiger partial charge in [0, 0.05) is 25.1 Å². The van der Waals surface area contributed by atoms with Crippen LogP contribution in [0, 0.1) is 5.92 Å². The van der Waals surface area contributed by atoms with Gasteiger partial charge in [-0.2, -0.15) is 5.10 Å². The number of nitrogens with one attached hydrogen (secondary N) is 1. The number of nitrogens with zero attached hydrogens (tertiary/aromatic N) is 2. The van der Waals surface area contributed by atoms with Gasteiger partial charge in [-0.25, -0.2) is 4.68 Å². The van der Waals surface area contributed by atoms with E-state index in [4.69, 9.17) is 5.73 Å². The van der Waals surface area contributed by atoms with Gasteiger partial charge in [0.25, 0.3) is 0 Å². The lowest BCUT2D eigenvalue weighted by atomic mass is 10.1. The Morgan fingerprint density at radius 2 is 2.73 bits per heavy atom. The largest absolute Gasteiger partial charge is 0.370 e. The third-order valence-corrected chi connectivity index (χ3v) is 2.05. The molecular weight excluding hydrogens is 140 g/mol. The first-order chi connectivity index (χ1) is 5.40. The van der Waals surface area contributed by atoms with Crippen LogP contribution >= 0.6 is 0 Å². The minimum absolute atomic E-state index is 0.530. The van der Waals surface area contributed by atoms with Crippen LogP contribution in [0.3, 0.4) is 0 Å². The van der Waals surface area contributed by atoms with Crippen molar-refractivity contribution in [1.82, 2.24) is 9.78 Å². The molecular formula is C7H12N4. The minimum Gasteiger partial charge on any atom is -0.370 e. The van der Waals surface area contributed by atoms with Gasteiger partial charge in [-0.15, -0.1) is 0 Å². The number of aromatic nitrogens is 2. The molecule has 1 aromatic rings. The van der Waals surface area contributed by atoms with Gasteiger partial charge in [0.1, 0.15) is 5.82 Å². The number of hydrogen-bond donors (Lipinski definition) is 2. The first kappa shape index (κ1) is 6.67. The lowest BCUT2D eigenvalue weighted by molar-refractivity contribution is 0.423. The summed E-state index contributed by atoms with van der Waals surface area (Å²) in [5, 5.41) is 7.42. The normalized spacial score (nSPS) is 22.5. The number of anilines is 1. The molecule has 2 heterocycles. The van der Waals surface area contributed by atoms with Gasteiger partial charge in [-0.1, -0.05) is 0 Å². The summed E-state index contributed by atoms with van der Waals surface area (Å²) in [5.41, 5.74) is 5.55. The Morgan fingerprint density at radius 1 is 1.82 bits per heavy atom. The van der Waals surface area contributed by atoms with Gasteiger partial charge in [-0.05, 0) is 6.54 Å². The van der Waals surface area contributed by atoms with E-state index in [0.717, 1.165) is 25.5 Å². The van der Waals surface area contributed by atoms with Gasteiger partial charge >= 0.3 is 0 Å². The van der Waals surface area contributed by atoms with E-state index < -0.39 is 0 Å². The zero-order chi connectivity index (χ0) is 7.68. The standard InChI is InChI=1S/C7H12N4/c8-3-6-4-9-7-1-2-10-11(7)5-6/h1-2,6,9H,3-5,8H2. The molecule has 0 aliphatic carbocycles. The highest BCUT2D eigenvalue weighted by Crippen LogP contribution is 2.14. The van der Waals surface area contributed by atoms with E-state index in [9.17, 15) is 0 Å². The van der Waals surface area contributed by atoms with Gasteiger partial charge in [0.15, 0.2) is 0 Å². The Kier molecular flexibility index (Phi) is 1.54. The monoisotopic (exact) mass is 152 g/mol. The molecule has 0 spiro atoms. The van der Waals surface area contributed by atoms with E-state index in [2.05, 4.69) is 10.4 Å². The molecule has 1 aliphatic rings. The molecule has 60 valence electrons. The Balaban J connectivity index is 2.18. The lowest BCUT2D eigenvalue weighted by Gasteiger charge is -2.23. The Morgan fingerprint density at radius 3 is 3.55 bits per heavy atom. The molecule has 0 saturated heterocycles. The molecule has 0 bridgehead atoms. The van der Waals surface area contributed by atoms with Crippen molar-refractivity contribution in [3.05, 3.63) is 12.3 Å². The van der Waals surface area contributed by atoms with E-state index in [1.165, 1.54) is 0 Å². The van der Waals surface area contributed by atoms with E-state index in [0.29, 0.717) is 5.92 Å². The first-order valence-corrected chi connectivity index (χ1v) is 3.86. The summed E-state index contributed by atoms with van der Waals surface area (Å²) in [7, 11) is 0. The molecule has 0 saturated carbocycles. The van der Waals surface area contributed by atoms with Crippen LogP contribution in [0.15, 0.2) is 12.3 Å². The topological polar surface area (TPSA) is 55.9 Å². The SMILES string of the molecule is NCC1CNc2ccnn2C1. The number of nitrogens with two attached hydrogens (primary N) is 1. The maximum atomic E-state index is 5.55. The fourth-order valence-corrected chi connectivity index (χ4v) is 1.34. The molecule has 1 aliphatic heterocycles. The highest BCUT2D eigenvalue weighted by atomic mass is 15.3.